The predicted molar refractivity (Wildman–Crippen MR) is 118 cm³/mol. The minimum Gasteiger partial charge on any atom is -0.439 e. The van der Waals surface area contributed by atoms with Crippen molar-refractivity contribution in [2.75, 3.05) is 19.4 Å². The first-order valence-corrected chi connectivity index (χ1v) is 10.3. The van der Waals surface area contributed by atoms with E-state index in [9.17, 15) is 27.6 Å². The summed E-state index contributed by atoms with van der Waals surface area (Å²) in [5, 5.41) is 2.58. The van der Waals surface area contributed by atoms with Crippen molar-refractivity contribution in [2.45, 2.75) is 25.9 Å². The van der Waals surface area contributed by atoms with Crippen LogP contribution >= 0.6 is 12.2 Å². The molecule has 3 amide bonds. The standard InChI is InChI=1S/C21H20F3N5O4S/c1-10(2)12-7-11(33-15-8-14(21(22,23)24)25-9-26-15)5-6-13(12)27-17(30)16-18(31)28(3)20(34)29(4)19(16)32/h5-10,16H,1-4H3,(H,27,30). The number of amides is 3. The monoisotopic (exact) mass is 495 g/mol. The van der Waals surface area contributed by atoms with E-state index >= 15 is 0 Å². The number of nitrogens with one attached hydrogen (secondary N) is 1. The fourth-order valence-electron chi connectivity index (χ4n) is 3.20. The average molecular weight is 495 g/mol. The number of anilines is 1. The van der Waals surface area contributed by atoms with Gasteiger partial charge in [-0.2, -0.15) is 13.2 Å². The van der Waals surface area contributed by atoms with Crippen LogP contribution in [-0.2, 0) is 20.6 Å². The van der Waals surface area contributed by atoms with Crippen molar-refractivity contribution in [2.24, 2.45) is 5.92 Å². The van der Waals surface area contributed by atoms with E-state index in [0.29, 0.717) is 17.3 Å². The summed E-state index contributed by atoms with van der Waals surface area (Å²) in [5.41, 5.74) is -0.282. The van der Waals surface area contributed by atoms with Gasteiger partial charge in [0.25, 0.3) is 11.8 Å². The molecule has 2 aromatic rings. The molecule has 0 aliphatic carbocycles. The van der Waals surface area contributed by atoms with Crippen LogP contribution in [0, 0.1) is 5.92 Å². The molecule has 34 heavy (non-hydrogen) atoms. The highest BCUT2D eigenvalue weighted by atomic mass is 32.1. The van der Waals surface area contributed by atoms with Gasteiger partial charge >= 0.3 is 6.18 Å². The molecule has 0 atom stereocenters. The smallest absolute Gasteiger partial charge is 0.433 e. The maximum absolute atomic E-state index is 12.9. The molecule has 1 aliphatic heterocycles. The minimum atomic E-state index is -4.65. The van der Waals surface area contributed by atoms with Gasteiger partial charge in [0.1, 0.15) is 12.1 Å². The third-order valence-corrected chi connectivity index (χ3v) is 5.60. The maximum atomic E-state index is 12.9. The first-order chi connectivity index (χ1) is 15.8. The van der Waals surface area contributed by atoms with Crippen LogP contribution in [0.1, 0.15) is 31.0 Å². The number of hydrogen-bond acceptors (Lipinski definition) is 7. The molecule has 1 aromatic carbocycles. The van der Waals surface area contributed by atoms with Crippen molar-refractivity contribution in [3.8, 4) is 11.6 Å². The molecule has 0 bridgehead atoms. The third-order valence-electron chi connectivity index (χ3n) is 5.05. The van der Waals surface area contributed by atoms with E-state index in [1.165, 1.54) is 32.3 Å². The lowest BCUT2D eigenvalue weighted by molar-refractivity contribution is -0.149. The van der Waals surface area contributed by atoms with Gasteiger partial charge in [0.2, 0.25) is 11.8 Å². The van der Waals surface area contributed by atoms with Gasteiger partial charge in [0, 0.05) is 25.8 Å². The van der Waals surface area contributed by atoms with E-state index in [4.69, 9.17) is 17.0 Å². The molecule has 1 fully saturated rings. The predicted octanol–water partition coefficient (Wildman–Crippen LogP) is 3.18. The van der Waals surface area contributed by atoms with E-state index in [0.717, 1.165) is 16.1 Å². The van der Waals surface area contributed by atoms with E-state index in [-0.39, 0.29) is 22.7 Å². The lowest BCUT2D eigenvalue weighted by Gasteiger charge is -2.34. The van der Waals surface area contributed by atoms with Gasteiger partial charge in [-0.3, -0.25) is 24.2 Å². The fourth-order valence-corrected chi connectivity index (χ4v) is 3.38. The molecule has 1 aliphatic rings. The lowest BCUT2D eigenvalue weighted by Crippen LogP contribution is -2.59. The van der Waals surface area contributed by atoms with Gasteiger partial charge in [-0.1, -0.05) is 13.8 Å². The number of benzene rings is 1. The Morgan fingerprint density at radius 2 is 1.74 bits per heavy atom. The molecule has 1 N–H and O–H groups in total. The Hall–Kier alpha value is -3.61. The van der Waals surface area contributed by atoms with Crippen molar-refractivity contribution in [3.05, 3.63) is 41.9 Å². The summed E-state index contributed by atoms with van der Waals surface area (Å²) in [7, 11) is 2.74. The Balaban J connectivity index is 1.85. The third kappa shape index (κ3) is 4.98. The van der Waals surface area contributed by atoms with Crippen LogP contribution in [0.4, 0.5) is 18.9 Å². The second-order valence-corrected chi connectivity index (χ2v) is 8.11. The van der Waals surface area contributed by atoms with E-state index in [1.54, 1.807) is 0 Å². The number of halogens is 3. The summed E-state index contributed by atoms with van der Waals surface area (Å²) in [5.74, 6) is -4.25. The largest absolute Gasteiger partial charge is 0.439 e. The SMILES string of the molecule is CC(C)c1cc(Oc2cc(C(F)(F)F)ncn2)ccc1NC(=O)C1C(=O)N(C)C(=S)N(C)C1=O. The van der Waals surface area contributed by atoms with Gasteiger partial charge < -0.3 is 10.1 Å². The van der Waals surface area contributed by atoms with Crippen LogP contribution in [0.5, 0.6) is 11.6 Å². The van der Waals surface area contributed by atoms with E-state index in [1.807, 2.05) is 13.8 Å². The minimum absolute atomic E-state index is 0.0122. The molecule has 0 spiro atoms. The van der Waals surface area contributed by atoms with Crippen molar-refractivity contribution in [1.82, 2.24) is 19.8 Å². The van der Waals surface area contributed by atoms with Crippen LogP contribution in [-0.4, -0.2) is 56.7 Å². The van der Waals surface area contributed by atoms with Crippen molar-refractivity contribution >= 4 is 40.7 Å². The van der Waals surface area contributed by atoms with Crippen molar-refractivity contribution in [1.29, 1.82) is 0 Å². The molecular formula is C21H20F3N5O4S. The summed E-state index contributed by atoms with van der Waals surface area (Å²) >= 11 is 5.02. The van der Waals surface area contributed by atoms with Crippen LogP contribution in [0.25, 0.3) is 0 Å². The normalized spacial score (nSPS) is 15.2. The zero-order chi connectivity index (χ0) is 25.4. The number of ether oxygens (including phenoxy) is 1. The molecule has 9 nitrogen and oxygen atoms in total. The van der Waals surface area contributed by atoms with Gasteiger partial charge in [0.05, 0.1) is 0 Å². The first kappa shape index (κ1) is 25.0. The number of alkyl halides is 3. The highest BCUT2D eigenvalue weighted by Gasteiger charge is 2.45. The van der Waals surface area contributed by atoms with Gasteiger partial charge in [-0.15, -0.1) is 0 Å². The Kier molecular flexibility index (Phi) is 6.87. The molecule has 3 rings (SSSR count). The topological polar surface area (TPSA) is 105 Å². The molecular weight excluding hydrogens is 475 g/mol. The summed E-state index contributed by atoms with van der Waals surface area (Å²) in [6.07, 6.45) is -3.91. The van der Waals surface area contributed by atoms with Crippen LogP contribution in [0.3, 0.4) is 0 Å². The second kappa shape index (κ2) is 9.33. The van der Waals surface area contributed by atoms with Crippen LogP contribution < -0.4 is 10.1 Å². The second-order valence-electron chi connectivity index (χ2n) is 7.74. The number of carbonyl (C=O) groups excluding carboxylic acids is 3. The van der Waals surface area contributed by atoms with Gasteiger partial charge in [-0.25, -0.2) is 9.97 Å². The van der Waals surface area contributed by atoms with E-state index < -0.39 is 35.5 Å². The molecule has 13 heteroatoms. The first-order valence-electron chi connectivity index (χ1n) is 9.92. The number of carbonyl (C=O) groups is 3. The summed E-state index contributed by atoms with van der Waals surface area (Å²) < 4.78 is 44.1. The zero-order valence-electron chi connectivity index (χ0n) is 18.5. The molecule has 0 saturated carbocycles. The summed E-state index contributed by atoms with van der Waals surface area (Å²) in [4.78, 5) is 46.9. The fraction of sp³-hybridized carbons (Fsp3) is 0.333. The number of nitrogens with zero attached hydrogens (tertiary/aromatic N) is 4. The molecule has 1 saturated heterocycles. The molecule has 0 unspecified atom stereocenters. The van der Waals surface area contributed by atoms with Gasteiger partial charge in [-0.05, 0) is 41.9 Å². The van der Waals surface area contributed by atoms with Crippen molar-refractivity contribution < 1.29 is 32.3 Å². The Bertz CT molecular complexity index is 1150. The number of aromatic nitrogens is 2. The molecule has 180 valence electrons. The zero-order valence-corrected chi connectivity index (χ0v) is 19.3. The molecule has 0 radical (unpaired) electrons. The Morgan fingerprint density at radius 3 is 2.29 bits per heavy atom. The average Bonchev–Trinajstić information content (AvgIpc) is 2.77. The van der Waals surface area contributed by atoms with Crippen LogP contribution in [0.2, 0.25) is 0 Å². The van der Waals surface area contributed by atoms with Crippen LogP contribution in [0.15, 0.2) is 30.6 Å². The highest BCUT2D eigenvalue weighted by molar-refractivity contribution is 7.80. The number of thiocarbonyl (C=S) groups is 1. The van der Waals surface area contributed by atoms with E-state index in [2.05, 4.69) is 15.3 Å². The Labute approximate surface area is 197 Å². The maximum Gasteiger partial charge on any atom is 0.433 e. The summed E-state index contributed by atoms with van der Waals surface area (Å²) in [6.45, 7) is 3.64. The Morgan fingerprint density at radius 1 is 1.12 bits per heavy atom. The molecule has 2 heterocycles. The quantitative estimate of drug-likeness (QED) is 0.502. The number of hydrogen-bond donors (Lipinski definition) is 1. The van der Waals surface area contributed by atoms with Crippen molar-refractivity contribution in [3.63, 3.8) is 0 Å². The lowest BCUT2D eigenvalue weighted by atomic mass is 9.99. The molecule has 1 aromatic heterocycles. The number of rotatable bonds is 5. The van der Waals surface area contributed by atoms with Gasteiger partial charge in [0.15, 0.2) is 16.7 Å². The summed E-state index contributed by atoms with van der Waals surface area (Å²) in [6, 6.07) is 5.06. The highest BCUT2D eigenvalue weighted by Crippen LogP contribution is 2.33.